The minimum absolute atomic E-state index is 0. The Hall–Kier alpha value is -2.16. The van der Waals surface area contributed by atoms with Gasteiger partial charge in [0.25, 0.3) is 5.91 Å². The highest BCUT2D eigenvalue weighted by molar-refractivity contribution is 5.93. The zero-order valence-corrected chi connectivity index (χ0v) is 17.6. The molecule has 142 valence electrons. The summed E-state index contributed by atoms with van der Waals surface area (Å²) in [4.78, 5) is 16.3. The van der Waals surface area contributed by atoms with Gasteiger partial charge in [-0.3, -0.25) is 4.79 Å². The van der Waals surface area contributed by atoms with E-state index in [1.165, 1.54) is 18.4 Å². The summed E-state index contributed by atoms with van der Waals surface area (Å²) in [5.41, 5.74) is 4.64. The predicted molar refractivity (Wildman–Crippen MR) is 105 cm³/mol. The molecule has 1 fully saturated rings. The maximum atomic E-state index is 12.8. The number of benzene rings is 2. The van der Waals surface area contributed by atoms with Crippen molar-refractivity contribution in [2.45, 2.75) is 33.2 Å². The van der Waals surface area contributed by atoms with Gasteiger partial charge in [-0.05, 0) is 25.0 Å². The normalized spacial score (nSPS) is 14.9. The van der Waals surface area contributed by atoms with Crippen LogP contribution in [-0.4, -0.2) is 30.0 Å². The first-order valence-corrected chi connectivity index (χ1v) is 9.19. The van der Waals surface area contributed by atoms with Gasteiger partial charge in [-0.1, -0.05) is 42.5 Å². The molecule has 1 heterocycles. The Balaban J connectivity index is 0.00000261. The van der Waals surface area contributed by atoms with E-state index in [-0.39, 0.29) is 22.9 Å². The SMILES string of the molecule is [Br-].[C-]#[N+]c1cc(C)c(NC(=O)C[N+]2(Cc3ccccc3)CCCC2)c(C)c1. The molecule has 1 N–H and O–H groups in total. The van der Waals surface area contributed by atoms with Crippen LogP contribution in [0.25, 0.3) is 4.85 Å². The van der Waals surface area contributed by atoms with E-state index < -0.39 is 0 Å². The Morgan fingerprint density at radius 2 is 1.70 bits per heavy atom. The third kappa shape index (κ3) is 5.18. The first-order chi connectivity index (χ1) is 12.5. The second-order valence-electron chi connectivity index (χ2n) is 7.41. The average Bonchev–Trinajstić information content (AvgIpc) is 3.06. The highest BCUT2D eigenvalue weighted by Crippen LogP contribution is 2.28. The third-order valence-electron chi connectivity index (χ3n) is 5.27. The number of carbonyl (C=O) groups excluding carboxylic acids is 1. The zero-order chi connectivity index (χ0) is 18.6. The van der Waals surface area contributed by atoms with Crippen LogP contribution >= 0.6 is 0 Å². The highest BCUT2D eigenvalue weighted by atomic mass is 79.9. The standard InChI is InChI=1S/C22H25N3O.BrH/c1-17-13-20(23-3)14-18(2)22(17)24-21(26)16-25(11-7-8-12-25)15-19-9-5-4-6-10-19;/h4-6,9-10,13-14H,7-8,11-12,15-16H2,1-2H3;1H. The number of amides is 1. The van der Waals surface area contributed by atoms with E-state index in [2.05, 4.69) is 34.4 Å². The lowest BCUT2D eigenvalue weighted by molar-refractivity contribution is -0.922. The van der Waals surface area contributed by atoms with Crippen molar-refractivity contribution in [1.29, 1.82) is 0 Å². The van der Waals surface area contributed by atoms with Gasteiger partial charge >= 0.3 is 0 Å². The number of anilines is 1. The number of hydrogen-bond donors (Lipinski definition) is 1. The highest BCUT2D eigenvalue weighted by Gasteiger charge is 2.34. The Labute approximate surface area is 172 Å². The van der Waals surface area contributed by atoms with Gasteiger partial charge in [-0.15, -0.1) is 0 Å². The van der Waals surface area contributed by atoms with Crippen molar-refractivity contribution in [3.63, 3.8) is 0 Å². The van der Waals surface area contributed by atoms with E-state index in [9.17, 15) is 4.79 Å². The summed E-state index contributed by atoms with van der Waals surface area (Å²) in [5, 5.41) is 3.11. The molecule has 27 heavy (non-hydrogen) atoms. The van der Waals surface area contributed by atoms with Crippen LogP contribution in [0.3, 0.4) is 0 Å². The molecule has 2 aromatic rings. The molecule has 0 aliphatic carbocycles. The molecule has 5 heteroatoms. The maximum absolute atomic E-state index is 12.8. The van der Waals surface area contributed by atoms with Crippen molar-refractivity contribution < 1.29 is 26.3 Å². The van der Waals surface area contributed by atoms with E-state index in [0.29, 0.717) is 12.2 Å². The van der Waals surface area contributed by atoms with Crippen LogP contribution in [0.2, 0.25) is 0 Å². The molecule has 3 rings (SSSR count). The monoisotopic (exact) mass is 427 g/mol. The molecule has 2 aromatic carbocycles. The van der Waals surface area contributed by atoms with E-state index in [1.807, 2.05) is 32.0 Å². The van der Waals surface area contributed by atoms with Gasteiger partial charge in [0.1, 0.15) is 6.54 Å². The first-order valence-electron chi connectivity index (χ1n) is 9.19. The Morgan fingerprint density at radius 1 is 1.11 bits per heavy atom. The smallest absolute Gasteiger partial charge is 0.279 e. The molecule has 1 aliphatic rings. The Morgan fingerprint density at radius 3 is 2.26 bits per heavy atom. The van der Waals surface area contributed by atoms with Crippen molar-refractivity contribution in [3.8, 4) is 0 Å². The van der Waals surface area contributed by atoms with Crippen LogP contribution in [0.15, 0.2) is 42.5 Å². The summed E-state index contributed by atoms with van der Waals surface area (Å²) in [6.45, 7) is 14.6. The maximum Gasteiger partial charge on any atom is 0.279 e. The van der Waals surface area contributed by atoms with Crippen LogP contribution in [0, 0.1) is 20.4 Å². The molecule has 0 radical (unpaired) electrons. The zero-order valence-electron chi connectivity index (χ0n) is 16.0. The van der Waals surface area contributed by atoms with Gasteiger partial charge < -0.3 is 26.8 Å². The van der Waals surface area contributed by atoms with E-state index in [0.717, 1.165) is 40.9 Å². The minimum atomic E-state index is 0. The van der Waals surface area contributed by atoms with Gasteiger partial charge in [0.2, 0.25) is 0 Å². The van der Waals surface area contributed by atoms with Crippen LogP contribution in [0.4, 0.5) is 11.4 Å². The summed E-state index contributed by atoms with van der Waals surface area (Å²) in [6, 6.07) is 14.1. The molecule has 0 aromatic heterocycles. The molecule has 1 aliphatic heterocycles. The number of aryl methyl sites for hydroxylation is 2. The van der Waals surface area contributed by atoms with Gasteiger partial charge in [0.05, 0.1) is 19.7 Å². The number of carbonyl (C=O) groups is 1. The number of halogens is 1. The molecular formula is C22H26BrN3O. The summed E-state index contributed by atoms with van der Waals surface area (Å²) in [7, 11) is 0. The number of nitrogens with one attached hydrogen (secondary N) is 1. The second-order valence-corrected chi connectivity index (χ2v) is 7.41. The summed E-state index contributed by atoms with van der Waals surface area (Å²) in [6.07, 6.45) is 2.36. The van der Waals surface area contributed by atoms with Crippen molar-refractivity contribution >= 4 is 17.3 Å². The van der Waals surface area contributed by atoms with Gasteiger partial charge in [-0.2, -0.15) is 0 Å². The molecular weight excluding hydrogens is 402 g/mol. The van der Waals surface area contributed by atoms with Crippen molar-refractivity contribution in [3.05, 3.63) is 70.6 Å². The molecule has 0 saturated carbocycles. The minimum Gasteiger partial charge on any atom is -1.00 e. The van der Waals surface area contributed by atoms with E-state index in [4.69, 9.17) is 6.57 Å². The van der Waals surface area contributed by atoms with Crippen LogP contribution in [-0.2, 0) is 11.3 Å². The lowest BCUT2D eigenvalue weighted by Gasteiger charge is -2.33. The summed E-state index contributed by atoms with van der Waals surface area (Å²) < 4.78 is 0.827. The van der Waals surface area contributed by atoms with Crippen molar-refractivity contribution in [2.75, 3.05) is 25.0 Å². The lowest BCUT2D eigenvalue weighted by Crippen LogP contribution is -3.00. The molecule has 0 unspecified atom stereocenters. The number of likely N-dealkylation sites (tertiary alicyclic amines) is 1. The molecule has 0 spiro atoms. The Bertz CT molecular complexity index is 813. The fourth-order valence-electron chi connectivity index (χ4n) is 4.04. The molecule has 4 nitrogen and oxygen atoms in total. The third-order valence-corrected chi connectivity index (χ3v) is 5.27. The van der Waals surface area contributed by atoms with Gasteiger partial charge in [-0.25, -0.2) is 4.85 Å². The van der Waals surface area contributed by atoms with Crippen LogP contribution in [0.1, 0.15) is 29.5 Å². The van der Waals surface area contributed by atoms with Crippen LogP contribution < -0.4 is 22.3 Å². The van der Waals surface area contributed by atoms with Crippen molar-refractivity contribution in [2.24, 2.45) is 0 Å². The number of quaternary nitrogens is 1. The number of nitrogens with zero attached hydrogens (tertiary/aromatic N) is 2. The second kappa shape index (κ2) is 9.16. The fourth-order valence-corrected chi connectivity index (χ4v) is 4.04. The van der Waals surface area contributed by atoms with E-state index >= 15 is 0 Å². The number of rotatable bonds is 5. The molecule has 0 bridgehead atoms. The van der Waals surface area contributed by atoms with Gasteiger partial charge in [0, 0.05) is 24.1 Å². The molecule has 0 atom stereocenters. The van der Waals surface area contributed by atoms with Crippen molar-refractivity contribution in [1.82, 2.24) is 0 Å². The number of hydrogen-bond acceptors (Lipinski definition) is 1. The topological polar surface area (TPSA) is 33.5 Å². The van der Waals surface area contributed by atoms with E-state index in [1.54, 1.807) is 0 Å². The van der Waals surface area contributed by atoms with Gasteiger partial charge in [0.15, 0.2) is 12.2 Å². The summed E-state index contributed by atoms with van der Waals surface area (Å²) in [5.74, 6) is 0.0598. The Kier molecular flexibility index (Phi) is 7.18. The predicted octanol–water partition coefficient (Wildman–Crippen LogP) is 1.61. The lowest BCUT2D eigenvalue weighted by atomic mass is 10.1. The van der Waals surface area contributed by atoms with Crippen LogP contribution in [0.5, 0.6) is 0 Å². The first kappa shape index (κ1) is 21.1. The fraction of sp³-hybridized carbons (Fsp3) is 0.364. The summed E-state index contributed by atoms with van der Waals surface area (Å²) >= 11 is 0. The quantitative estimate of drug-likeness (QED) is 0.570. The largest absolute Gasteiger partial charge is 1.00 e. The average molecular weight is 428 g/mol. The molecule has 1 saturated heterocycles. The molecule has 1 amide bonds.